The third-order valence-electron chi connectivity index (χ3n) is 5.16. The van der Waals surface area contributed by atoms with Crippen molar-refractivity contribution < 1.29 is 0 Å². The van der Waals surface area contributed by atoms with Crippen molar-refractivity contribution >= 4 is 49.7 Å². The Morgan fingerprint density at radius 1 is 0.536 bits per heavy atom. The van der Waals surface area contributed by atoms with Crippen LogP contribution < -0.4 is 7.22 Å². The Labute approximate surface area is 175 Å². The fourth-order valence-corrected chi connectivity index (χ4v) is 7.15. The second kappa shape index (κ2) is 7.44. The van der Waals surface area contributed by atoms with Gasteiger partial charge in [0.05, 0.1) is 0 Å². The summed E-state index contributed by atoms with van der Waals surface area (Å²) in [5.74, 6) is 0. The van der Waals surface area contributed by atoms with Crippen molar-refractivity contribution in [1.82, 2.24) is 0 Å². The summed E-state index contributed by atoms with van der Waals surface area (Å²) in [6.45, 7) is 2.19. The van der Waals surface area contributed by atoms with Crippen molar-refractivity contribution in [2.24, 2.45) is 0 Å². The SMILES string of the molecule is Cc1ccc2c(c1)c(-c1ccccc1)c([Te]c1ccccc1)c1ccccc12. The molecule has 0 saturated carbocycles. The van der Waals surface area contributed by atoms with E-state index in [-0.39, 0.29) is 0 Å². The Bertz CT molecular complexity index is 1270. The van der Waals surface area contributed by atoms with Crippen LogP contribution in [-0.4, -0.2) is 20.9 Å². The van der Waals surface area contributed by atoms with Crippen molar-refractivity contribution in [2.45, 2.75) is 6.92 Å². The predicted octanol–water partition coefficient (Wildman–Crippen LogP) is 5.62. The molecule has 0 aliphatic rings. The van der Waals surface area contributed by atoms with Gasteiger partial charge in [0.2, 0.25) is 0 Å². The fraction of sp³-hybridized carbons (Fsp3) is 0.0370. The number of hydrogen-bond acceptors (Lipinski definition) is 0. The van der Waals surface area contributed by atoms with Gasteiger partial charge in [-0.2, -0.15) is 0 Å². The molecule has 0 saturated heterocycles. The maximum absolute atomic E-state index is 2.37. The molecule has 0 aromatic heterocycles. The summed E-state index contributed by atoms with van der Waals surface area (Å²) in [5, 5.41) is 5.50. The standard InChI is InChI=1S/C27H20Te/c1-19-16-17-23-22-14-8-9-15-24(22)27(28-21-12-6-3-7-13-21)26(25(23)18-19)20-10-4-2-5-11-20/h2-18H,1H3. The van der Waals surface area contributed by atoms with Gasteiger partial charge in [0, 0.05) is 0 Å². The molecule has 0 aliphatic heterocycles. The molecule has 0 atom stereocenters. The topological polar surface area (TPSA) is 0 Å². The predicted molar refractivity (Wildman–Crippen MR) is 123 cm³/mol. The summed E-state index contributed by atoms with van der Waals surface area (Å²) in [6, 6.07) is 37.8. The summed E-state index contributed by atoms with van der Waals surface area (Å²) in [5.41, 5.74) is 4.05. The van der Waals surface area contributed by atoms with E-state index in [0.717, 1.165) is 0 Å². The van der Waals surface area contributed by atoms with E-state index in [9.17, 15) is 0 Å². The Morgan fingerprint density at radius 3 is 1.89 bits per heavy atom. The summed E-state index contributed by atoms with van der Waals surface area (Å²) in [7, 11) is 0. The van der Waals surface area contributed by atoms with Gasteiger partial charge in [0.1, 0.15) is 0 Å². The molecule has 134 valence electrons. The first-order chi connectivity index (χ1) is 13.8. The van der Waals surface area contributed by atoms with Crippen LogP contribution in [0.25, 0.3) is 32.7 Å². The molecule has 0 heterocycles. The second-order valence-corrected chi connectivity index (χ2v) is 10.2. The van der Waals surface area contributed by atoms with E-state index in [1.54, 1.807) is 0 Å². The van der Waals surface area contributed by atoms with Crippen LogP contribution in [0.1, 0.15) is 5.56 Å². The van der Waals surface area contributed by atoms with Crippen molar-refractivity contribution in [2.75, 3.05) is 0 Å². The Kier molecular flexibility index (Phi) is 4.65. The van der Waals surface area contributed by atoms with Gasteiger partial charge in [-0.05, 0) is 0 Å². The summed E-state index contributed by atoms with van der Waals surface area (Å²) >= 11 is -0.530. The average Bonchev–Trinajstić information content (AvgIpc) is 2.75. The average molecular weight is 472 g/mol. The third-order valence-corrected chi connectivity index (χ3v) is 8.40. The van der Waals surface area contributed by atoms with Crippen LogP contribution >= 0.6 is 0 Å². The molecule has 0 aliphatic carbocycles. The first kappa shape index (κ1) is 17.5. The van der Waals surface area contributed by atoms with E-state index in [4.69, 9.17) is 0 Å². The minimum atomic E-state index is -0.530. The van der Waals surface area contributed by atoms with Crippen molar-refractivity contribution in [1.29, 1.82) is 0 Å². The summed E-state index contributed by atoms with van der Waals surface area (Å²) in [4.78, 5) is 0. The van der Waals surface area contributed by atoms with Crippen molar-refractivity contribution in [3.05, 3.63) is 109 Å². The molecule has 0 fully saturated rings. The Balaban J connectivity index is 1.94. The zero-order chi connectivity index (χ0) is 18.9. The molecule has 0 bridgehead atoms. The molecule has 1 heteroatoms. The van der Waals surface area contributed by atoms with E-state index >= 15 is 0 Å². The number of fused-ring (bicyclic) bond motifs is 3. The van der Waals surface area contributed by atoms with Gasteiger partial charge >= 0.3 is 176 Å². The van der Waals surface area contributed by atoms with Crippen LogP contribution in [0.2, 0.25) is 0 Å². The van der Waals surface area contributed by atoms with Crippen molar-refractivity contribution in [3.63, 3.8) is 0 Å². The molecule has 0 N–H and O–H groups in total. The van der Waals surface area contributed by atoms with Crippen LogP contribution in [-0.2, 0) is 0 Å². The van der Waals surface area contributed by atoms with E-state index in [0.29, 0.717) is 0 Å². The van der Waals surface area contributed by atoms with Crippen LogP contribution in [0, 0.1) is 6.92 Å². The molecular weight excluding hydrogens is 452 g/mol. The van der Waals surface area contributed by atoms with Crippen LogP contribution in [0.3, 0.4) is 0 Å². The zero-order valence-electron chi connectivity index (χ0n) is 15.7. The van der Waals surface area contributed by atoms with E-state index < -0.39 is 20.9 Å². The second-order valence-electron chi connectivity index (χ2n) is 7.08. The first-order valence-corrected chi connectivity index (χ1v) is 11.9. The molecule has 5 rings (SSSR count). The van der Waals surface area contributed by atoms with Gasteiger partial charge < -0.3 is 0 Å². The number of aryl methyl sites for hydroxylation is 1. The van der Waals surface area contributed by atoms with Gasteiger partial charge in [-0.3, -0.25) is 0 Å². The fourth-order valence-electron chi connectivity index (χ4n) is 3.88. The molecule has 0 spiro atoms. The van der Waals surface area contributed by atoms with E-state index in [1.807, 2.05) is 0 Å². The molecule has 0 unspecified atom stereocenters. The first-order valence-electron chi connectivity index (χ1n) is 9.54. The quantitative estimate of drug-likeness (QED) is 0.236. The molecule has 5 aromatic carbocycles. The van der Waals surface area contributed by atoms with E-state index in [2.05, 4.69) is 110 Å². The molecule has 28 heavy (non-hydrogen) atoms. The number of hydrogen-bond donors (Lipinski definition) is 0. The van der Waals surface area contributed by atoms with Gasteiger partial charge in [-0.15, -0.1) is 0 Å². The Hall–Kier alpha value is -2.59. The maximum atomic E-state index is 2.37. The Morgan fingerprint density at radius 2 is 1.14 bits per heavy atom. The number of rotatable bonds is 3. The van der Waals surface area contributed by atoms with E-state index in [1.165, 1.54) is 45.5 Å². The van der Waals surface area contributed by atoms with Crippen LogP contribution in [0.5, 0.6) is 0 Å². The van der Waals surface area contributed by atoms with Crippen LogP contribution in [0.4, 0.5) is 0 Å². The van der Waals surface area contributed by atoms with Gasteiger partial charge in [0.15, 0.2) is 0 Å². The number of benzene rings is 5. The van der Waals surface area contributed by atoms with Gasteiger partial charge in [-0.25, -0.2) is 0 Å². The summed E-state index contributed by atoms with van der Waals surface area (Å²) < 4.78 is 3.01. The molecule has 5 aromatic rings. The normalized spacial score (nSPS) is 11.2. The van der Waals surface area contributed by atoms with Gasteiger partial charge in [0.25, 0.3) is 0 Å². The van der Waals surface area contributed by atoms with Crippen molar-refractivity contribution in [3.8, 4) is 11.1 Å². The molecule has 0 amide bonds. The molecule has 0 radical (unpaired) electrons. The summed E-state index contributed by atoms with van der Waals surface area (Å²) in [6.07, 6.45) is 0. The molecular formula is C27H20Te. The monoisotopic (exact) mass is 474 g/mol. The van der Waals surface area contributed by atoms with Gasteiger partial charge in [-0.1, -0.05) is 0 Å². The minimum absolute atomic E-state index is 0.530. The molecule has 0 nitrogen and oxygen atoms in total. The van der Waals surface area contributed by atoms with Crippen LogP contribution in [0.15, 0.2) is 103 Å². The zero-order valence-corrected chi connectivity index (χ0v) is 18.1. The third kappa shape index (κ3) is 3.12.